The number of fused-ring (bicyclic) bond motifs is 4. The van der Waals surface area contributed by atoms with E-state index < -0.39 is 23.2 Å². The number of nitrogens with zero attached hydrogens (tertiary/aromatic N) is 2. The molecule has 2 aliphatic heterocycles. The molecule has 0 spiro atoms. The van der Waals surface area contributed by atoms with Crippen LogP contribution in [0.1, 0.15) is 48.8 Å². The summed E-state index contributed by atoms with van der Waals surface area (Å²) in [6, 6.07) is 13.1. The van der Waals surface area contributed by atoms with Crippen LogP contribution in [0.4, 0.5) is 8.78 Å². The van der Waals surface area contributed by atoms with Gasteiger partial charge in [-0.1, -0.05) is 13.8 Å². The lowest BCUT2D eigenvalue weighted by Crippen LogP contribution is -2.65. The molecule has 1 aromatic carbocycles. The Labute approximate surface area is 179 Å². The first-order chi connectivity index (χ1) is 15.0. The molecule has 0 saturated carbocycles. The highest BCUT2D eigenvalue weighted by atomic mass is 19.1. The van der Waals surface area contributed by atoms with Crippen LogP contribution >= 0.6 is 0 Å². The number of benzene rings is 1. The molecule has 0 radical (unpaired) electrons. The van der Waals surface area contributed by atoms with Gasteiger partial charge in [-0.2, -0.15) is 9.13 Å². The summed E-state index contributed by atoms with van der Waals surface area (Å²) in [5, 5.41) is 0. The number of hydrogen-bond acceptors (Lipinski definition) is 2. The summed E-state index contributed by atoms with van der Waals surface area (Å²) in [5.74, 6) is -1.54. The number of rotatable bonds is 3. The van der Waals surface area contributed by atoms with Crippen molar-refractivity contribution in [1.29, 1.82) is 0 Å². The Bertz CT molecular complexity index is 1190. The molecule has 2 aromatic heterocycles. The van der Waals surface area contributed by atoms with E-state index in [1.165, 1.54) is 6.07 Å². The highest BCUT2D eigenvalue weighted by Gasteiger charge is 2.58. The molecule has 2 aliphatic rings. The van der Waals surface area contributed by atoms with E-state index in [1.54, 1.807) is 6.07 Å². The molecule has 2 atom stereocenters. The minimum Gasteiger partial charge on any atom is -0.440 e. The van der Waals surface area contributed by atoms with E-state index >= 15 is 4.39 Å². The second-order valence-corrected chi connectivity index (χ2v) is 8.29. The highest BCUT2D eigenvalue weighted by Crippen LogP contribution is 2.50. The molecular formula is C25H24F2N2O2+2. The maximum Gasteiger partial charge on any atom is 0.404 e. The summed E-state index contributed by atoms with van der Waals surface area (Å²) in [5.41, 5.74) is 1.64. The first-order valence-electron chi connectivity index (χ1n) is 10.7. The molecule has 4 heterocycles. The van der Waals surface area contributed by atoms with Crippen molar-refractivity contribution in [3.8, 4) is 11.3 Å². The minimum absolute atomic E-state index is 0.308. The van der Waals surface area contributed by atoms with Gasteiger partial charge < -0.3 is 4.74 Å². The van der Waals surface area contributed by atoms with Gasteiger partial charge in [-0.3, -0.25) is 0 Å². The third-order valence-electron chi connectivity index (χ3n) is 7.00. The summed E-state index contributed by atoms with van der Waals surface area (Å²) in [7, 11) is 0. The lowest BCUT2D eigenvalue weighted by Gasteiger charge is -2.43. The Balaban J connectivity index is 1.76. The molecule has 0 N–H and O–H groups in total. The fraction of sp³-hybridized carbons (Fsp3) is 0.320. The lowest BCUT2D eigenvalue weighted by atomic mass is 9.64. The summed E-state index contributed by atoms with van der Waals surface area (Å²) in [4.78, 5) is 12.8. The lowest BCUT2D eigenvalue weighted by molar-refractivity contribution is -0.762. The third kappa shape index (κ3) is 2.81. The van der Waals surface area contributed by atoms with Crippen molar-refractivity contribution in [2.45, 2.75) is 50.8 Å². The predicted molar refractivity (Wildman–Crippen MR) is 109 cm³/mol. The molecule has 6 heteroatoms. The van der Waals surface area contributed by atoms with Crippen LogP contribution in [0.3, 0.4) is 0 Å². The topological polar surface area (TPSA) is 34.1 Å². The molecule has 0 bridgehead atoms. The molecule has 0 saturated heterocycles. The second kappa shape index (κ2) is 7.22. The van der Waals surface area contributed by atoms with Gasteiger partial charge in [-0.25, -0.2) is 13.6 Å². The van der Waals surface area contributed by atoms with Gasteiger partial charge in [0.2, 0.25) is 17.8 Å². The molecule has 5 rings (SSSR count). The average Bonchev–Trinajstić information content (AvgIpc) is 2.77. The number of carbonyl (C=O) groups is 1. The van der Waals surface area contributed by atoms with Gasteiger partial charge in [0.15, 0.2) is 18.9 Å². The quantitative estimate of drug-likeness (QED) is 0.471. The van der Waals surface area contributed by atoms with Crippen molar-refractivity contribution in [1.82, 2.24) is 0 Å². The van der Waals surface area contributed by atoms with Crippen LogP contribution < -0.4 is 9.13 Å². The number of carbonyl (C=O) groups excluding carboxylic acids is 1. The van der Waals surface area contributed by atoms with Crippen LogP contribution in [-0.2, 0) is 16.7 Å². The zero-order valence-electron chi connectivity index (χ0n) is 17.5. The maximum absolute atomic E-state index is 15.1. The van der Waals surface area contributed by atoms with E-state index in [4.69, 9.17) is 4.74 Å². The Morgan fingerprint density at radius 2 is 1.74 bits per heavy atom. The van der Waals surface area contributed by atoms with Gasteiger partial charge in [-0.15, -0.1) is 0 Å². The van der Waals surface area contributed by atoms with Crippen molar-refractivity contribution < 1.29 is 27.4 Å². The van der Waals surface area contributed by atoms with Gasteiger partial charge in [0.05, 0.1) is 11.0 Å². The second-order valence-electron chi connectivity index (χ2n) is 8.29. The number of ether oxygens (including phenoxy) is 1. The molecule has 158 valence electrons. The van der Waals surface area contributed by atoms with Crippen molar-refractivity contribution in [3.05, 3.63) is 83.8 Å². The monoisotopic (exact) mass is 422 g/mol. The van der Waals surface area contributed by atoms with Gasteiger partial charge in [0, 0.05) is 30.3 Å². The molecule has 0 fully saturated rings. The Hall–Kier alpha value is -3.15. The molecule has 31 heavy (non-hydrogen) atoms. The normalized spacial score (nSPS) is 21.0. The summed E-state index contributed by atoms with van der Waals surface area (Å²) in [6.45, 7) is 4.54. The Kier molecular flexibility index (Phi) is 4.61. The van der Waals surface area contributed by atoms with Gasteiger partial charge in [0.25, 0.3) is 5.69 Å². The van der Waals surface area contributed by atoms with E-state index in [2.05, 4.69) is 0 Å². The van der Waals surface area contributed by atoms with Crippen LogP contribution in [0, 0.1) is 11.6 Å². The van der Waals surface area contributed by atoms with Crippen molar-refractivity contribution in [2.24, 2.45) is 0 Å². The van der Waals surface area contributed by atoms with Crippen LogP contribution in [0.15, 0.2) is 60.9 Å². The van der Waals surface area contributed by atoms with E-state index in [-0.39, 0.29) is 12.0 Å². The van der Waals surface area contributed by atoms with Crippen LogP contribution in [0.25, 0.3) is 11.3 Å². The summed E-state index contributed by atoms with van der Waals surface area (Å²) < 4.78 is 39.4. The highest BCUT2D eigenvalue weighted by molar-refractivity contribution is 5.86. The first-order valence-corrected chi connectivity index (χ1v) is 10.7. The molecule has 2 unspecified atom stereocenters. The van der Waals surface area contributed by atoms with Gasteiger partial charge >= 0.3 is 5.97 Å². The fourth-order valence-electron chi connectivity index (χ4n) is 5.56. The SMILES string of the molecule is CCC1(CC)c2cc(F)cc(F)c2-c2cccc[n+]2C1C1C[n+]2ccccc2C(=O)O1. The molecular weight excluding hydrogens is 398 g/mol. The zero-order chi connectivity index (χ0) is 21.8. The van der Waals surface area contributed by atoms with E-state index in [9.17, 15) is 9.18 Å². The largest absolute Gasteiger partial charge is 0.440 e. The average molecular weight is 422 g/mol. The van der Waals surface area contributed by atoms with Crippen LogP contribution in [-0.4, -0.2) is 12.1 Å². The number of pyridine rings is 2. The number of esters is 1. The van der Waals surface area contributed by atoms with Crippen molar-refractivity contribution in [3.63, 3.8) is 0 Å². The van der Waals surface area contributed by atoms with Crippen LogP contribution in [0.5, 0.6) is 0 Å². The predicted octanol–water partition coefficient (Wildman–Crippen LogP) is 4.06. The summed E-state index contributed by atoms with van der Waals surface area (Å²) >= 11 is 0. The fourth-order valence-corrected chi connectivity index (χ4v) is 5.56. The van der Waals surface area contributed by atoms with E-state index in [1.807, 2.05) is 65.7 Å². The third-order valence-corrected chi connectivity index (χ3v) is 7.00. The zero-order valence-corrected chi connectivity index (χ0v) is 17.5. The van der Waals surface area contributed by atoms with E-state index in [0.717, 1.165) is 6.07 Å². The minimum atomic E-state index is -0.602. The summed E-state index contributed by atoms with van der Waals surface area (Å²) in [6.07, 6.45) is 4.58. The smallest absolute Gasteiger partial charge is 0.404 e. The van der Waals surface area contributed by atoms with Gasteiger partial charge in [0.1, 0.15) is 11.6 Å². The van der Waals surface area contributed by atoms with Gasteiger partial charge in [-0.05, 0) is 36.6 Å². The first kappa shape index (κ1) is 19.8. The molecule has 4 nitrogen and oxygen atoms in total. The standard InChI is InChI=1S/C25H24F2N2O2/c1-3-25(4-2)17-13-16(26)14-18(27)22(17)19-9-6-8-12-29(19)23(25)21-15-28-11-7-5-10-20(28)24(30)31-21/h5-14,21,23H,3-4,15H2,1-2H3/q+2. The molecule has 0 amide bonds. The van der Waals surface area contributed by atoms with Crippen molar-refractivity contribution in [2.75, 3.05) is 0 Å². The Morgan fingerprint density at radius 3 is 2.48 bits per heavy atom. The number of cyclic esters (lactones) is 1. The molecule has 0 aliphatic carbocycles. The number of aromatic nitrogens is 2. The number of hydrogen-bond donors (Lipinski definition) is 0. The number of halogens is 2. The molecule has 3 aromatic rings. The van der Waals surface area contributed by atoms with Crippen molar-refractivity contribution >= 4 is 5.97 Å². The van der Waals surface area contributed by atoms with E-state index in [0.29, 0.717) is 41.9 Å². The Morgan fingerprint density at radius 1 is 1.03 bits per heavy atom. The maximum atomic E-state index is 15.1. The van der Waals surface area contributed by atoms with Crippen LogP contribution in [0.2, 0.25) is 0 Å².